The summed E-state index contributed by atoms with van der Waals surface area (Å²) in [7, 11) is 5.31. The van der Waals surface area contributed by atoms with Crippen molar-refractivity contribution in [2.24, 2.45) is 0 Å². The maximum atomic E-state index is 13.1. The van der Waals surface area contributed by atoms with Crippen LogP contribution in [0.4, 0.5) is 19.6 Å². The summed E-state index contributed by atoms with van der Waals surface area (Å²) in [6, 6.07) is 3.31. The monoisotopic (exact) mass is 299 g/mol. The van der Waals surface area contributed by atoms with Crippen molar-refractivity contribution in [2.75, 3.05) is 31.4 Å². The quantitative estimate of drug-likeness (QED) is 0.920. The van der Waals surface area contributed by atoms with E-state index in [1.54, 1.807) is 7.11 Å². The lowest BCUT2D eigenvalue weighted by atomic mass is 10.3. The molecular formula is C13H15F2N3OS. The molecule has 2 aromatic rings. The van der Waals surface area contributed by atoms with Crippen LogP contribution in [-0.4, -0.2) is 26.2 Å². The van der Waals surface area contributed by atoms with Crippen LogP contribution in [0.5, 0.6) is 5.88 Å². The molecule has 2 rings (SSSR count). The Morgan fingerprint density at radius 1 is 1.25 bits per heavy atom. The van der Waals surface area contributed by atoms with E-state index in [9.17, 15) is 8.78 Å². The molecule has 4 nitrogen and oxygen atoms in total. The molecule has 1 N–H and O–H groups in total. The third-order valence-corrected chi connectivity index (χ3v) is 3.75. The fourth-order valence-electron chi connectivity index (χ4n) is 1.63. The molecule has 0 spiro atoms. The van der Waals surface area contributed by atoms with Crippen molar-refractivity contribution in [3.05, 3.63) is 34.7 Å². The summed E-state index contributed by atoms with van der Waals surface area (Å²) in [6.07, 6.45) is 0. The van der Waals surface area contributed by atoms with Gasteiger partial charge in [0.15, 0.2) is 5.13 Å². The van der Waals surface area contributed by atoms with Crippen LogP contribution < -0.4 is 15.0 Å². The van der Waals surface area contributed by atoms with Gasteiger partial charge in [0.1, 0.15) is 11.6 Å². The molecule has 0 aliphatic heterocycles. The Morgan fingerprint density at radius 2 is 1.90 bits per heavy atom. The summed E-state index contributed by atoms with van der Waals surface area (Å²) in [5.41, 5.74) is 0.379. The van der Waals surface area contributed by atoms with Gasteiger partial charge < -0.3 is 15.0 Å². The molecule has 0 amide bonds. The number of anilines is 2. The number of benzene rings is 1. The van der Waals surface area contributed by atoms with Gasteiger partial charge in [-0.1, -0.05) is 11.3 Å². The molecule has 1 aromatic carbocycles. The molecule has 0 radical (unpaired) electrons. The third-order valence-electron chi connectivity index (χ3n) is 2.54. The molecule has 0 aliphatic carbocycles. The minimum atomic E-state index is -0.613. The van der Waals surface area contributed by atoms with Gasteiger partial charge in [0.2, 0.25) is 5.88 Å². The molecule has 108 valence electrons. The van der Waals surface area contributed by atoms with Crippen molar-refractivity contribution in [3.63, 3.8) is 0 Å². The Bertz CT molecular complexity index is 581. The lowest BCUT2D eigenvalue weighted by molar-refractivity contribution is 0.397. The second-order valence-electron chi connectivity index (χ2n) is 4.33. The van der Waals surface area contributed by atoms with Crippen molar-refractivity contribution in [1.29, 1.82) is 0 Å². The van der Waals surface area contributed by atoms with E-state index in [-0.39, 0.29) is 0 Å². The number of ether oxygens (including phenoxy) is 1. The number of hydrogen-bond donors (Lipinski definition) is 1. The van der Waals surface area contributed by atoms with Gasteiger partial charge in [-0.2, -0.15) is 4.98 Å². The maximum absolute atomic E-state index is 13.1. The van der Waals surface area contributed by atoms with Crippen LogP contribution in [0, 0.1) is 11.6 Å². The van der Waals surface area contributed by atoms with E-state index in [4.69, 9.17) is 4.74 Å². The molecule has 0 bridgehead atoms. The number of nitrogens with zero attached hydrogens (tertiary/aromatic N) is 2. The van der Waals surface area contributed by atoms with E-state index in [2.05, 4.69) is 10.3 Å². The number of hydrogen-bond acceptors (Lipinski definition) is 5. The minimum absolute atomic E-state index is 0.379. The molecule has 0 atom stereocenters. The van der Waals surface area contributed by atoms with Gasteiger partial charge in [-0.05, 0) is 12.1 Å². The topological polar surface area (TPSA) is 37.4 Å². The SMILES string of the molecule is COc1nc(N(C)C)sc1CNc1cc(F)cc(F)c1. The van der Waals surface area contributed by atoms with Crippen LogP contribution in [0.25, 0.3) is 0 Å². The van der Waals surface area contributed by atoms with E-state index in [0.717, 1.165) is 16.1 Å². The zero-order valence-electron chi connectivity index (χ0n) is 11.4. The molecule has 7 heteroatoms. The van der Waals surface area contributed by atoms with Crippen LogP contribution in [0.15, 0.2) is 18.2 Å². The molecule has 1 aromatic heterocycles. The number of aromatic nitrogens is 1. The first kappa shape index (κ1) is 14.5. The minimum Gasteiger partial charge on any atom is -0.480 e. The summed E-state index contributed by atoms with van der Waals surface area (Å²) in [4.78, 5) is 7.05. The molecule has 0 aliphatic rings. The maximum Gasteiger partial charge on any atom is 0.231 e. The van der Waals surface area contributed by atoms with Crippen LogP contribution in [0.3, 0.4) is 0 Å². The van der Waals surface area contributed by atoms with Crippen molar-refractivity contribution < 1.29 is 13.5 Å². The van der Waals surface area contributed by atoms with Gasteiger partial charge in [0.25, 0.3) is 0 Å². The second kappa shape index (κ2) is 6.04. The number of thiazole rings is 1. The van der Waals surface area contributed by atoms with Crippen molar-refractivity contribution >= 4 is 22.2 Å². The average Bonchev–Trinajstić information content (AvgIpc) is 2.78. The van der Waals surface area contributed by atoms with Crippen LogP contribution in [0.2, 0.25) is 0 Å². The van der Waals surface area contributed by atoms with Gasteiger partial charge >= 0.3 is 0 Å². The molecule has 0 fully saturated rings. The highest BCUT2D eigenvalue weighted by Crippen LogP contribution is 2.31. The summed E-state index contributed by atoms with van der Waals surface area (Å²) in [6.45, 7) is 0.386. The average molecular weight is 299 g/mol. The largest absolute Gasteiger partial charge is 0.480 e. The van der Waals surface area contributed by atoms with Gasteiger partial charge in [-0.3, -0.25) is 0 Å². The first-order chi connectivity index (χ1) is 9.49. The highest BCUT2D eigenvalue weighted by Gasteiger charge is 2.13. The zero-order chi connectivity index (χ0) is 14.7. The van der Waals surface area contributed by atoms with Crippen LogP contribution >= 0.6 is 11.3 Å². The van der Waals surface area contributed by atoms with Crippen LogP contribution in [-0.2, 0) is 6.54 Å². The number of halogens is 2. The molecule has 1 heterocycles. The summed E-state index contributed by atoms with van der Waals surface area (Å²) >= 11 is 1.46. The molecule has 20 heavy (non-hydrogen) atoms. The molecule has 0 saturated heterocycles. The fourth-order valence-corrected chi connectivity index (χ4v) is 2.52. The van der Waals surface area contributed by atoms with Gasteiger partial charge in [-0.15, -0.1) is 0 Å². The second-order valence-corrected chi connectivity index (χ2v) is 5.40. The Hall–Kier alpha value is -1.89. The standard InChI is InChI=1S/C13H15F2N3OS/c1-18(2)13-17-12(19-3)11(20-13)7-16-10-5-8(14)4-9(15)6-10/h4-6,16H,7H2,1-3H3. The number of rotatable bonds is 5. The normalized spacial score (nSPS) is 10.4. The molecular weight excluding hydrogens is 284 g/mol. The Kier molecular flexibility index (Phi) is 4.39. The van der Waals surface area contributed by atoms with E-state index >= 15 is 0 Å². The lowest BCUT2D eigenvalue weighted by Gasteiger charge is -2.06. The Morgan fingerprint density at radius 3 is 2.45 bits per heavy atom. The molecule has 0 unspecified atom stereocenters. The van der Waals surface area contributed by atoms with E-state index in [1.807, 2.05) is 19.0 Å². The Labute approximate surface area is 120 Å². The summed E-state index contributed by atoms with van der Waals surface area (Å²) in [5, 5.41) is 3.77. The first-order valence-electron chi connectivity index (χ1n) is 5.90. The van der Waals surface area contributed by atoms with E-state index in [1.165, 1.54) is 23.5 Å². The van der Waals surface area contributed by atoms with Gasteiger partial charge in [-0.25, -0.2) is 8.78 Å². The van der Waals surface area contributed by atoms with Crippen molar-refractivity contribution in [2.45, 2.75) is 6.54 Å². The van der Waals surface area contributed by atoms with Crippen LogP contribution in [0.1, 0.15) is 4.88 Å². The number of methoxy groups -OCH3 is 1. The lowest BCUT2D eigenvalue weighted by Crippen LogP contribution is -2.07. The third kappa shape index (κ3) is 3.36. The predicted molar refractivity (Wildman–Crippen MR) is 76.7 cm³/mol. The fraction of sp³-hybridized carbons (Fsp3) is 0.308. The zero-order valence-corrected chi connectivity index (χ0v) is 12.2. The smallest absolute Gasteiger partial charge is 0.231 e. The highest BCUT2D eigenvalue weighted by atomic mass is 32.1. The Balaban J connectivity index is 2.13. The van der Waals surface area contributed by atoms with E-state index < -0.39 is 11.6 Å². The highest BCUT2D eigenvalue weighted by molar-refractivity contribution is 7.15. The predicted octanol–water partition coefficient (Wildman–Crippen LogP) is 3.11. The molecule has 0 saturated carbocycles. The van der Waals surface area contributed by atoms with E-state index in [0.29, 0.717) is 18.1 Å². The number of nitrogens with one attached hydrogen (secondary N) is 1. The summed E-state index contributed by atoms with van der Waals surface area (Å²) < 4.78 is 31.4. The van der Waals surface area contributed by atoms with Crippen molar-refractivity contribution in [1.82, 2.24) is 4.98 Å². The summed E-state index contributed by atoms with van der Waals surface area (Å²) in [5.74, 6) is -0.710. The first-order valence-corrected chi connectivity index (χ1v) is 6.72. The van der Waals surface area contributed by atoms with Gasteiger partial charge in [0, 0.05) is 25.8 Å². The van der Waals surface area contributed by atoms with Crippen molar-refractivity contribution in [3.8, 4) is 5.88 Å². The van der Waals surface area contributed by atoms with Gasteiger partial charge in [0.05, 0.1) is 18.5 Å².